The Bertz CT molecular complexity index is 420. The lowest BCUT2D eigenvalue weighted by molar-refractivity contribution is 0.208. The number of carbonyl (C=O) groups is 1. The van der Waals surface area contributed by atoms with E-state index in [-0.39, 0.29) is 18.7 Å². The van der Waals surface area contributed by atoms with Crippen LogP contribution in [0.1, 0.15) is 12.5 Å². The van der Waals surface area contributed by atoms with E-state index in [1.165, 1.54) is 5.56 Å². The van der Waals surface area contributed by atoms with Crippen molar-refractivity contribution in [2.75, 3.05) is 13.1 Å². The number of hydrogen-bond donors (Lipinski definition) is 2. The van der Waals surface area contributed by atoms with E-state index < -0.39 is 0 Å². The Morgan fingerprint density at radius 2 is 2.06 bits per heavy atom. The summed E-state index contributed by atoms with van der Waals surface area (Å²) in [4.78, 5) is 11.2. The second-order valence-electron chi connectivity index (χ2n) is 4.01. The zero-order chi connectivity index (χ0) is 13.4. The van der Waals surface area contributed by atoms with E-state index in [0.717, 1.165) is 5.75 Å². The van der Waals surface area contributed by atoms with Gasteiger partial charge in [-0.05, 0) is 26.0 Å². The molecule has 1 rings (SSSR count). The molecule has 0 spiro atoms. The third-order valence-electron chi connectivity index (χ3n) is 2.26. The number of nitrogens with one attached hydrogen (secondary N) is 2. The van der Waals surface area contributed by atoms with Gasteiger partial charge in [-0.3, -0.25) is 0 Å². The summed E-state index contributed by atoms with van der Waals surface area (Å²) in [5.74, 6) is 3.12. The quantitative estimate of drug-likeness (QED) is 0.777. The Morgan fingerprint density at radius 3 is 2.67 bits per heavy atom. The van der Waals surface area contributed by atoms with Gasteiger partial charge in [0.15, 0.2) is 0 Å². The highest BCUT2D eigenvalue weighted by molar-refractivity contribution is 5.74. The third-order valence-corrected chi connectivity index (χ3v) is 2.26. The van der Waals surface area contributed by atoms with Crippen molar-refractivity contribution in [1.29, 1.82) is 0 Å². The SMILES string of the molecule is C#CCNC(=O)NC[C@H](C)Oc1ccc(C)cc1. The summed E-state index contributed by atoms with van der Waals surface area (Å²) < 4.78 is 5.64. The molecule has 4 nitrogen and oxygen atoms in total. The van der Waals surface area contributed by atoms with Crippen molar-refractivity contribution in [2.45, 2.75) is 20.0 Å². The maximum atomic E-state index is 11.2. The van der Waals surface area contributed by atoms with Gasteiger partial charge in [0.1, 0.15) is 11.9 Å². The molecule has 96 valence electrons. The molecule has 2 N–H and O–H groups in total. The number of hydrogen-bond acceptors (Lipinski definition) is 2. The third kappa shape index (κ3) is 5.26. The van der Waals surface area contributed by atoms with E-state index in [4.69, 9.17) is 11.2 Å². The van der Waals surface area contributed by atoms with E-state index >= 15 is 0 Å². The van der Waals surface area contributed by atoms with Gasteiger partial charge < -0.3 is 15.4 Å². The minimum absolute atomic E-state index is 0.107. The highest BCUT2D eigenvalue weighted by Crippen LogP contribution is 2.12. The fraction of sp³-hybridized carbons (Fsp3) is 0.357. The molecule has 0 aliphatic heterocycles. The van der Waals surface area contributed by atoms with E-state index in [0.29, 0.717) is 6.54 Å². The van der Waals surface area contributed by atoms with Crippen molar-refractivity contribution < 1.29 is 9.53 Å². The molecular formula is C14H18N2O2. The van der Waals surface area contributed by atoms with Crippen LogP contribution in [-0.4, -0.2) is 25.2 Å². The number of benzene rings is 1. The lowest BCUT2D eigenvalue weighted by atomic mass is 10.2. The second kappa shape index (κ2) is 7.23. The highest BCUT2D eigenvalue weighted by Gasteiger charge is 2.06. The van der Waals surface area contributed by atoms with Crippen molar-refractivity contribution in [1.82, 2.24) is 10.6 Å². The number of terminal acetylenes is 1. The standard InChI is InChI=1S/C14H18N2O2/c1-4-9-15-14(17)16-10-12(3)18-13-7-5-11(2)6-8-13/h1,5-8,12H,9-10H2,2-3H3,(H2,15,16,17)/t12-/m0/s1. The number of ether oxygens (including phenoxy) is 1. The molecule has 0 aromatic heterocycles. The first kappa shape index (κ1) is 13.9. The van der Waals surface area contributed by atoms with E-state index in [1.807, 2.05) is 38.1 Å². The number of rotatable bonds is 5. The molecule has 1 aromatic rings. The molecule has 18 heavy (non-hydrogen) atoms. The van der Waals surface area contributed by atoms with Crippen molar-refractivity contribution in [2.24, 2.45) is 0 Å². The Hall–Kier alpha value is -2.15. The number of aryl methyl sites for hydroxylation is 1. The van der Waals surface area contributed by atoms with Crippen LogP contribution in [0.4, 0.5) is 4.79 Å². The normalized spacial score (nSPS) is 11.2. The fourth-order valence-corrected chi connectivity index (χ4v) is 1.32. The average Bonchev–Trinajstić information content (AvgIpc) is 2.36. The largest absolute Gasteiger partial charge is 0.489 e. The van der Waals surface area contributed by atoms with Gasteiger partial charge in [-0.2, -0.15) is 0 Å². The van der Waals surface area contributed by atoms with Crippen LogP contribution in [0.25, 0.3) is 0 Å². The molecule has 0 fully saturated rings. The van der Waals surface area contributed by atoms with Crippen LogP contribution >= 0.6 is 0 Å². The number of amides is 2. The predicted octanol–water partition coefficient (Wildman–Crippen LogP) is 1.69. The summed E-state index contributed by atoms with van der Waals surface area (Å²) in [6.07, 6.45) is 4.92. The van der Waals surface area contributed by atoms with Crippen LogP contribution in [-0.2, 0) is 0 Å². The van der Waals surface area contributed by atoms with Crippen LogP contribution in [0.3, 0.4) is 0 Å². The molecule has 0 radical (unpaired) electrons. The topological polar surface area (TPSA) is 50.4 Å². The fourth-order valence-electron chi connectivity index (χ4n) is 1.32. The molecule has 1 aromatic carbocycles. The van der Waals surface area contributed by atoms with Crippen LogP contribution in [0, 0.1) is 19.3 Å². The maximum Gasteiger partial charge on any atom is 0.315 e. The van der Waals surface area contributed by atoms with Crippen molar-refractivity contribution in [3.05, 3.63) is 29.8 Å². The summed E-state index contributed by atoms with van der Waals surface area (Å²) in [6, 6.07) is 7.49. The van der Waals surface area contributed by atoms with Crippen LogP contribution < -0.4 is 15.4 Å². The molecule has 0 aliphatic carbocycles. The van der Waals surface area contributed by atoms with Gasteiger partial charge in [-0.15, -0.1) is 6.42 Å². The summed E-state index contributed by atoms with van der Waals surface area (Å²) in [5, 5.41) is 5.20. The van der Waals surface area contributed by atoms with Crippen LogP contribution in [0.5, 0.6) is 5.75 Å². The lowest BCUT2D eigenvalue weighted by Crippen LogP contribution is -2.40. The minimum Gasteiger partial charge on any atom is -0.489 e. The average molecular weight is 246 g/mol. The lowest BCUT2D eigenvalue weighted by Gasteiger charge is -2.15. The molecule has 4 heteroatoms. The van der Waals surface area contributed by atoms with Gasteiger partial charge in [0.25, 0.3) is 0 Å². The zero-order valence-electron chi connectivity index (χ0n) is 10.7. The molecular weight excluding hydrogens is 228 g/mol. The monoisotopic (exact) mass is 246 g/mol. The van der Waals surface area contributed by atoms with E-state index in [9.17, 15) is 4.79 Å². The Kier molecular flexibility index (Phi) is 5.59. The summed E-state index contributed by atoms with van der Waals surface area (Å²) in [7, 11) is 0. The van der Waals surface area contributed by atoms with Crippen LogP contribution in [0.15, 0.2) is 24.3 Å². The first-order valence-corrected chi connectivity index (χ1v) is 5.80. The molecule has 0 aliphatic rings. The van der Waals surface area contributed by atoms with Gasteiger partial charge in [-0.25, -0.2) is 4.79 Å². The minimum atomic E-state index is -0.285. The van der Waals surface area contributed by atoms with Crippen LogP contribution in [0.2, 0.25) is 0 Å². The Morgan fingerprint density at radius 1 is 1.39 bits per heavy atom. The summed E-state index contributed by atoms with van der Waals surface area (Å²) >= 11 is 0. The van der Waals surface area contributed by atoms with E-state index in [2.05, 4.69) is 16.6 Å². The number of carbonyl (C=O) groups excluding carboxylic acids is 1. The van der Waals surface area contributed by atoms with Crippen molar-refractivity contribution >= 4 is 6.03 Å². The van der Waals surface area contributed by atoms with Gasteiger partial charge >= 0.3 is 6.03 Å². The first-order chi connectivity index (χ1) is 8.61. The van der Waals surface area contributed by atoms with Crippen molar-refractivity contribution in [3.63, 3.8) is 0 Å². The Labute approximate surface area is 108 Å². The maximum absolute atomic E-state index is 11.2. The van der Waals surface area contributed by atoms with Gasteiger partial charge in [0.05, 0.1) is 13.1 Å². The molecule has 0 saturated carbocycles. The summed E-state index contributed by atoms with van der Waals surface area (Å²) in [5.41, 5.74) is 1.18. The summed E-state index contributed by atoms with van der Waals surface area (Å²) in [6.45, 7) is 4.55. The predicted molar refractivity (Wildman–Crippen MR) is 71.5 cm³/mol. The molecule has 1 atom stereocenters. The molecule has 0 bridgehead atoms. The van der Waals surface area contributed by atoms with Crippen molar-refractivity contribution in [3.8, 4) is 18.1 Å². The molecule has 2 amide bonds. The van der Waals surface area contributed by atoms with Gasteiger partial charge in [0.2, 0.25) is 0 Å². The smallest absolute Gasteiger partial charge is 0.315 e. The van der Waals surface area contributed by atoms with E-state index in [1.54, 1.807) is 0 Å². The second-order valence-corrected chi connectivity index (χ2v) is 4.01. The number of urea groups is 1. The van der Waals surface area contributed by atoms with Gasteiger partial charge in [-0.1, -0.05) is 23.6 Å². The first-order valence-electron chi connectivity index (χ1n) is 5.80. The molecule has 0 heterocycles. The molecule has 0 unspecified atom stereocenters. The highest BCUT2D eigenvalue weighted by atomic mass is 16.5. The van der Waals surface area contributed by atoms with Gasteiger partial charge in [0, 0.05) is 0 Å². The molecule has 0 saturated heterocycles. The zero-order valence-corrected chi connectivity index (χ0v) is 10.7. The Balaban J connectivity index is 2.29.